The maximum Gasteiger partial charge on any atom is 0.410 e. The SMILES string of the molecule is O=C(CCCN1CCN2C(=O)OCC2(Cc2ccccc2)C1)c1ccc(F)cc1. The lowest BCUT2D eigenvalue weighted by molar-refractivity contribution is 0.0508. The minimum Gasteiger partial charge on any atom is -0.447 e. The predicted octanol–water partition coefficient (Wildman–Crippen LogP) is 3.54. The third kappa shape index (κ3) is 4.32. The third-order valence-electron chi connectivity index (χ3n) is 5.84. The number of carbonyl (C=O) groups is 2. The van der Waals surface area contributed by atoms with Gasteiger partial charge in [-0.3, -0.25) is 14.6 Å². The van der Waals surface area contributed by atoms with Crippen molar-refractivity contribution in [3.05, 3.63) is 71.5 Å². The highest BCUT2D eigenvalue weighted by Gasteiger charge is 2.50. The monoisotopic (exact) mass is 396 g/mol. The van der Waals surface area contributed by atoms with Gasteiger partial charge in [-0.1, -0.05) is 30.3 Å². The Bertz CT molecular complexity index is 871. The molecule has 2 saturated heterocycles. The minimum absolute atomic E-state index is 0.0296. The van der Waals surface area contributed by atoms with E-state index in [1.54, 1.807) is 0 Å². The summed E-state index contributed by atoms with van der Waals surface area (Å²) in [7, 11) is 0. The lowest BCUT2D eigenvalue weighted by atomic mass is 9.88. The number of rotatable bonds is 7. The summed E-state index contributed by atoms with van der Waals surface area (Å²) < 4.78 is 18.4. The fraction of sp³-hybridized carbons (Fsp3) is 0.391. The first kappa shape index (κ1) is 19.6. The summed E-state index contributed by atoms with van der Waals surface area (Å²) in [5.74, 6) is -0.307. The molecular weight excluding hydrogens is 371 g/mol. The van der Waals surface area contributed by atoms with Gasteiger partial charge in [0.25, 0.3) is 0 Å². The van der Waals surface area contributed by atoms with Gasteiger partial charge in [0.15, 0.2) is 5.78 Å². The van der Waals surface area contributed by atoms with Gasteiger partial charge in [-0.2, -0.15) is 0 Å². The van der Waals surface area contributed by atoms with Crippen LogP contribution in [0.25, 0.3) is 0 Å². The van der Waals surface area contributed by atoms with E-state index in [-0.39, 0.29) is 23.2 Å². The standard InChI is InChI=1S/C23H25FN2O3/c24-20-10-8-19(9-11-20)21(27)7-4-12-25-13-14-26-22(28)29-17-23(26,16-25)15-18-5-2-1-3-6-18/h1-3,5-6,8-11H,4,7,12-17H2. The molecule has 0 bridgehead atoms. The smallest absolute Gasteiger partial charge is 0.410 e. The van der Waals surface area contributed by atoms with E-state index in [4.69, 9.17) is 4.74 Å². The third-order valence-corrected chi connectivity index (χ3v) is 5.84. The Morgan fingerprint density at radius 1 is 1.07 bits per heavy atom. The highest BCUT2D eigenvalue weighted by Crippen LogP contribution is 2.32. The number of hydrogen-bond donors (Lipinski definition) is 0. The molecule has 6 heteroatoms. The van der Waals surface area contributed by atoms with Crippen LogP contribution in [0.15, 0.2) is 54.6 Å². The molecule has 0 spiro atoms. The molecule has 2 aliphatic heterocycles. The Kier molecular flexibility index (Phi) is 5.62. The zero-order valence-corrected chi connectivity index (χ0v) is 16.4. The van der Waals surface area contributed by atoms with Crippen LogP contribution in [0.3, 0.4) is 0 Å². The fourth-order valence-electron chi connectivity index (χ4n) is 4.35. The Balaban J connectivity index is 1.36. The maximum absolute atomic E-state index is 13.0. The molecule has 152 valence electrons. The number of halogens is 1. The molecule has 0 aliphatic carbocycles. The van der Waals surface area contributed by atoms with E-state index in [9.17, 15) is 14.0 Å². The summed E-state index contributed by atoms with van der Waals surface area (Å²) in [6.07, 6.45) is 1.68. The van der Waals surface area contributed by atoms with Gasteiger partial charge in [0.1, 0.15) is 12.4 Å². The van der Waals surface area contributed by atoms with Crippen LogP contribution in [-0.2, 0) is 11.2 Å². The Labute approximate surface area is 170 Å². The molecule has 2 fully saturated rings. The number of amides is 1. The molecule has 2 aromatic rings. The van der Waals surface area contributed by atoms with Crippen molar-refractivity contribution >= 4 is 11.9 Å². The molecule has 2 aromatic carbocycles. The molecule has 0 radical (unpaired) electrons. The number of Topliss-reactive ketones (excluding diaryl/α,β-unsaturated/α-hetero) is 1. The second-order valence-corrected chi connectivity index (χ2v) is 7.90. The summed E-state index contributed by atoms with van der Waals surface area (Å²) in [5.41, 5.74) is 1.38. The average molecular weight is 396 g/mol. The molecule has 2 heterocycles. The number of benzene rings is 2. The summed E-state index contributed by atoms with van der Waals surface area (Å²) >= 11 is 0. The summed E-state index contributed by atoms with van der Waals surface area (Å²) in [6, 6.07) is 15.9. The lowest BCUT2D eigenvalue weighted by Gasteiger charge is -2.45. The summed E-state index contributed by atoms with van der Waals surface area (Å²) in [6.45, 7) is 3.32. The Morgan fingerprint density at radius 2 is 1.83 bits per heavy atom. The molecule has 1 unspecified atom stereocenters. The maximum atomic E-state index is 13.0. The van der Waals surface area contributed by atoms with Crippen LogP contribution in [0.5, 0.6) is 0 Å². The number of carbonyl (C=O) groups excluding carboxylic acids is 2. The van der Waals surface area contributed by atoms with Crippen molar-refractivity contribution in [2.24, 2.45) is 0 Å². The van der Waals surface area contributed by atoms with E-state index in [0.29, 0.717) is 25.1 Å². The van der Waals surface area contributed by atoms with E-state index >= 15 is 0 Å². The van der Waals surface area contributed by atoms with Gasteiger partial charge < -0.3 is 4.74 Å². The number of fused-ring (bicyclic) bond motifs is 1. The van der Waals surface area contributed by atoms with Crippen molar-refractivity contribution in [2.75, 3.05) is 32.8 Å². The molecule has 5 nitrogen and oxygen atoms in total. The number of hydrogen-bond acceptors (Lipinski definition) is 4. The zero-order chi connectivity index (χ0) is 20.3. The van der Waals surface area contributed by atoms with E-state index in [1.807, 2.05) is 23.1 Å². The van der Waals surface area contributed by atoms with Crippen LogP contribution in [0, 0.1) is 5.82 Å². The normalized spacial score (nSPS) is 21.7. The van der Waals surface area contributed by atoms with Crippen LogP contribution in [-0.4, -0.2) is 60.0 Å². The Hall–Kier alpha value is -2.73. The number of piperazine rings is 1. The van der Waals surface area contributed by atoms with E-state index in [1.165, 1.54) is 29.8 Å². The van der Waals surface area contributed by atoms with Gasteiger partial charge in [-0.25, -0.2) is 9.18 Å². The van der Waals surface area contributed by atoms with Crippen molar-refractivity contribution < 1.29 is 18.7 Å². The second kappa shape index (κ2) is 8.33. The van der Waals surface area contributed by atoms with Crippen LogP contribution in [0.1, 0.15) is 28.8 Å². The average Bonchev–Trinajstić information content (AvgIpc) is 3.05. The molecule has 0 N–H and O–H groups in total. The number of ether oxygens (including phenoxy) is 1. The Morgan fingerprint density at radius 3 is 2.59 bits per heavy atom. The van der Waals surface area contributed by atoms with Gasteiger partial charge in [0.2, 0.25) is 0 Å². The molecule has 1 amide bonds. The van der Waals surface area contributed by atoms with Gasteiger partial charge in [0, 0.05) is 38.0 Å². The summed E-state index contributed by atoms with van der Waals surface area (Å²) in [5, 5.41) is 0. The van der Waals surface area contributed by atoms with Gasteiger partial charge >= 0.3 is 6.09 Å². The van der Waals surface area contributed by atoms with E-state index in [0.717, 1.165) is 32.5 Å². The lowest BCUT2D eigenvalue weighted by Crippen LogP contribution is -2.62. The predicted molar refractivity (Wildman–Crippen MR) is 107 cm³/mol. The molecular formula is C23H25FN2O3. The van der Waals surface area contributed by atoms with Gasteiger partial charge in [0.05, 0.1) is 5.54 Å². The number of nitrogens with zero attached hydrogens (tertiary/aromatic N) is 2. The topological polar surface area (TPSA) is 49.9 Å². The largest absolute Gasteiger partial charge is 0.447 e. The van der Waals surface area contributed by atoms with E-state index < -0.39 is 0 Å². The molecule has 4 rings (SSSR count). The minimum atomic E-state index is -0.350. The van der Waals surface area contributed by atoms with Crippen LogP contribution in [0.2, 0.25) is 0 Å². The first-order valence-corrected chi connectivity index (χ1v) is 10.1. The first-order valence-electron chi connectivity index (χ1n) is 10.1. The zero-order valence-electron chi connectivity index (χ0n) is 16.4. The second-order valence-electron chi connectivity index (χ2n) is 7.90. The van der Waals surface area contributed by atoms with Crippen LogP contribution >= 0.6 is 0 Å². The van der Waals surface area contributed by atoms with Crippen molar-refractivity contribution in [1.82, 2.24) is 9.80 Å². The molecule has 0 aromatic heterocycles. The first-order chi connectivity index (χ1) is 14.1. The molecule has 0 saturated carbocycles. The van der Waals surface area contributed by atoms with Crippen LogP contribution < -0.4 is 0 Å². The van der Waals surface area contributed by atoms with E-state index in [2.05, 4.69) is 17.0 Å². The molecule has 29 heavy (non-hydrogen) atoms. The van der Waals surface area contributed by atoms with Crippen LogP contribution in [0.4, 0.5) is 9.18 Å². The van der Waals surface area contributed by atoms with Gasteiger partial charge in [-0.05, 0) is 42.8 Å². The highest BCUT2D eigenvalue weighted by atomic mass is 19.1. The highest BCUT2D eigenvalue weighted by molar-refractivity contribution is 5.95. The molecule has 2 aliphatic rings. The summed E-state index contributed by atoms with van der Waals surface area (Å²) in [4.78, 5) is 28.7. The quantitative estimate of drug-likeness (QED) is 0.672. The van der Waals surface area contributed by atoms with Crippen molar-refractivity contribution in [1.29, 1.82) is 0 Å². The molecule has 1 atom stereocenters. The number of cyclic esters (lactones) is 1. The number of ketones is 1. The van der Waals surface area contributed by atoms with Crippen molar-refractivity contribution in [3.63, 3.8) is 0 Å². The fourth-order valence-corrected chi connectivity index (χ4v) is 4.35. The van der Waals surface area contributed by atoms with Crippen molar-refractivity contribution in [3.8, 4) is 0 Å². The van der Waals surface area contributed by atoms with Gasteiger partial charge in [-0.15, -0.1) is 0 Å². The van der Waals surface area contributed by atoms with Crippen molar-refractivity contribution in [2.45, 2.75) is 24.8 Å².